The predicted molar refractivity (Wildman–Crippen MR) is 130 cm³/mol. The van der Waals surface area contributed by atoms with Crippen LogP contribution in [0.1, 0.15) is 32.4 Å². The van der Waals surface area contributed by atoms with Crippen molar-refractivity contribution in [2.45, 2.75) is 52.0 Å². The number of rotatable bonds is 6. The number of aromatic nitrogens is 3. The molecule has 3 atom stereocenters. The summed E-state index contributed by atoms with van der Waals surface area (Å²) in [6.45, 7) is 5.22. The number of hydrogen-bond acceptors (Lipinski definition) is 7. The lowest BCUT2D eigenvalue weighted by Gasteiger charge is -2.35. The minimum Gasteiger partial charge on any atom is -0.495 e. The van der Waals surface area contributed by atoms with Crippen LogP contribution in [0.4, 0.5) is 10.5 Å². The van der Waals surface area contributed by atoms with Gasteiger partial charge in [-0.05, 0) is 25.5 Å². The molecule has 3 rings (SSSR count). The number of para-hydroxylation sites is 2. The van der Waals surface area contributed by atoms with Crippen LogP contribution < -0.4 is 10.1 Å². The van der Waals surface area contributed by atoms with Gasteiger partial charge in [0.15, 0.2) is 0 Å². The molecule has 11 heteroatoms. The Labute approximate surface area is 206 Å². The van der Waals surface area contributed by atoms with Crippen molar-refractivity contribution in [2.24, 2.45) is 5.92 Å². The predicted octanol–water partition coefficient (Wildman–Crippen LogP) is 1.98. The fourth-order valence-corrected chi connectivity index (χ4v) is 4.06. The van der Waals surface area contributed by atoms with Gasteiger partial charge < -0.3 is 29.7 Å². The molecule has 0 aliphatic carbocycles. The number of aliphatic hydroxyl groups excluding tert-OH is 1. The number of aryl methyl sites for hydroxylation is 1. The van der Waals surface area contributed by atoms with E-state index < -0.39 is 0 Å². The van der Waals surface area contributed by atoms with Gasteiger partial charge in [-0.25, -0.2) is 9.48 Å². The molecule has 11 nitrogen and oxygen atoms in total. The molecule has 35 heavy (non-hydrogen) atoms. The summed E-state index contributed by atoms with van der Waals surface area (Å²) >= 11 is 0. The maximum atomic E-state index is 13.0. The number of urea groups is 1. The number of carbonyl (C=O) groups is 2. The van der Waals surface area contributed by atoms with Crippen molar-refractivity contribution in [3.63, 3.8) is 0 Å². The summed E-state index contributed by atoms with van der Waals surface area (Å²) in [5.74, 6) is 0.428. The molecule has 0 radical (unpaired) electrons. The Morgan fingerprint density at radius 3 is 2.91 bits per heavy atom. The lowest BCUT2D eigenvalue weighted by molar-refractivity contribution is -0.136. The average molecular weight is 489 g/mol. The third kappa shape index (κ3) is 6.92. The van der Waals surface area contributed by atoms with E-state index in [0.29, 0.717) is 43.9 Å². The summed E-state index contributed by atoms with van der Waals surface area (Å²) in [5.41, 5.74) is 1.39. The van der Waals surface area contributed by atoms with E-state index in [4.69, 9.17) is 9.47 Å². The fraction of sp³-hybridized carbons (Fsp3) is 0.583. The number of methoxy groups -OCH3 is 1. The summed E-state index contributed by atoms with van der Waals surface area (Å²) in [5, 5.41) is 20.7. The van der Waals surface area contributed by atoms with Crippen LogP contribution in [0.15, 0.2) is 30.5 Å². The van der Waals surface area contributed by atoms with Crippen LogP contribution in [0, 0.1) is 5.92 Å². The summed E-state index contributed by atoms with van der Waals surface area (Å²) in [6.07, 6.45) is 2.25. The molecule has 2 heterocycles. The first-order valence-corrected chi connectivity index (χ1v) is 11.9. The molecule has 0 unspecified atom stereocenters. The van der Waals surface area contributed by atoms with E-state index in [-0.39, 0.29) is 43.2 Å². The van der Waals surface area contributed by atoms with Gasteiger partial charge in [0.1, 0.15) is 5.75 Å². The minimum absolute atomic E-state index is 0.0262. The van der Waals surface area contributed by atoms with Crippen LogP contribution in [0.2, 0.25) is 0 Å². The number of amides is 3. The first-order valence-electron chi connectivity index (χ1n) is 11.9. The second-order valence-electron chi connectivity index (χ2n) is 8.97. The Kier molecular flexibility index (Phi) is 9.44. The number of nitrogens with zero attached hydrogens (tertiary/aromatic N) is 5. The molecule has 0 saturated carbocycles. The van der Waals surface area contributed by atoms with Crippen molar-refractivity contribution in [3.8, 4) is 5.75 Å². The van der Waals surface area contributed by atoms with Crippen molar-refractivity contribution >= 4 is 17.6 Å². The smallest absolute Gasteiger partial charge is 0.321 e. The van der Waals surface area contributed by atoms with Gasteiger partial charge in [-0.2, -0.15) is 0 Å². The van der Waals surface area contributed by atoms with Crippen LogP contribution in [-0.4, -0.2) is 87.8 Å². The van der Waals surface area contributed by atoms with Crippen LogP contribution in [0.25, 0.3) is 0 Å². The summed E-state index contributed by atoms with van der Waals surface area (Å²) in [6, 6.07) is 6.58. The van der Waals surface area contributed by atoms with Gasteiger partial charge >= 0.3 is 6.03 Å². The summed E-state index contributed by atoms with van der Waals surface area (Å²) in [4.78, 5) is 29.2. The lowest BCUT2D eigenvalue weighted by Crippen LogP contribution is -2.48. The van der Waals surface area contributed by atoms with Crippen molar-refractivity contribution in [1.29, 1.82) is 0 Å². The van der Waals surface area contributed by atoms with Crippen molar-refractivity contribution in [3.05, 3.63) is 36.2 Å². The summed E-state index contributed by atoms with van der Waals surface area (Å²) in [7, 11) is 3.25. The molecule has 0 spiro atoms. The van der Waals surface area contributed by atoms with Gasteiger partial charge in [0.25, 0.3) is 0 Å². The maximum Gasteiger partial charge on any atom is 0.321 e. The Morgan fingerprint density at radius 1 is 1.40 bits per heavy atom. The first kappa shape index (κ1) is 26.4. The highest BCUT2D eigenvalue weighted by Crippen LogP contribution is 2.24. The highest BCUT2D eigenvalue weighted by atomic mass is 16.5. The number of ether oxygens (including phenoxy) is 2. The number of likely N-dealkylation sites (N-methyl/N-ethyl adjacent to an activating group) is 1. The first-order chi connectivity index (χ1) is 16.8. The molecule has 1 aromatic carbocycles. The second-order valence-corrected chi connectivity index (χ2v) is 8.97. The molecular formula is C24H36N6O5. The van der Waals surface area contributed by atoms with Gasteiger partial charge in [-0.15, -0.1) is 5.10 Å². The Hall–Kier alpha value is -3.18. The maximum absolute atomic E-state index is 13.0. The number of fused-ring (bicyclic) bond motifs is 1. The van der Waals surface area contributed by atoms with Gasteiger partial charge in [0.05, 0.1) is 50.0 Å². The van der Waals surface area contributed by atoms with Crippen molar-refractivity contribution < 1.29 is 24.2 Å². The normalized spacial score (nSPS) is 20.3. The zero-order chi connectivity index (χ0) is 25.4. The van der Waals surface area contributed by atoms with E-state index >= 15 is 0 Å². The molecule has 0 bridgehead atoms. The number of carbonyl (C=O) groups excluding carboxylic acids is 2. The monoisotopic (exact) mass is 488 g/mol. The molecule has 1 aliphatic heterocycles. The molecule has 1 aliphatic rings. The van der Waals surface area contributed by atoms with Crippen molar-refractivity contribution in [1.82, 2.24) is 24.8 Å². The van der Waals surface area contributed by atoms with Gasteiger partial charge in [0.2, 0.25) is 5.91 Å². The van der Waals surface area contributed by atoms with E-state index in [0.717, 1.165) is 5.69 Å². The Bertz CT molecular complexity index is 983. The van der Waals surface area contributed by atoms with Crippen LogP contribution in [-0.2, 0) is 22.7 Å². The molecule has 0 fully saturated rings. The van der Waals surface area contributed by atoms with Crippen LogP contribution >= 0.6 is 0 Å². The quantitative estimate of drug-likeness (QED) is 0.637. The number of nitrogens with one attached hydrogen (secondary N) is 1. The van der Waals surface area contributed by atoms with E-state index in [1.54, 1.807) is 47.0 Å². The molecule has 0 saturated heterocycles. The van der Waals surface area contributed by atoms with E-state index in [2.05, 4.69) is 15.6 Å². The van der Waals surface area contributed by atoms with Crippen molar-refractivity contribution in [2.75, 3.05) is 39.2 Å². The molecule has 2 aromatic rings. The molecule has 3 amide bonds. The minimum atomic E-state index is -0.382. The molecule has 2 N–H and O–H groups in total. The number of benzene rings is 1. The number of hydrogen-bond donors (Lipinski definition) is 2. The lowest BCUT2D eigenvalue weighted by atomic mass is 10.0. The van der Waals surface area contributed by atoms with Gasteiger partial charge in [-0.3, -0.25) is 4.79 Å². The second kappa shape index (κ2) is 12.5. The highest BCUT2D eigenvalue weighted by Gasteiger charge is 2.29. The third-order valence-electron chi connectivity index (χ3n) is 6.29. The highest BCUT2D eigenvalue weighted by molar-refractivity contribution is 5.90. The average Bonchev–Trinajstić information content (AvgIpc) is 3.30. The van der Waals surface area contributed by atoms with Crippen LogP contribution in [0.3, 0.4) is 0 Å². The van der Waals surface area contributed by atoms with Crippen LogP contribution in [0.5, 0.6) is 5.75 Å². The van der Waals surface area contributed by atoms with E-state index in [1.165, 1.54) is 0 Å². The van der Waals surface area contributed by atoms with Gasteiger partial charge in [0, 0.05) is 39.0 Å². The summed E-state index contributed by atoms with van der Waals surface area (Å²) < 4.78 is 13.3. The molecular weight excluding hydrogens is 452 g/mol. The third-order valence-corrected chi connectivity index (χ3v) is 6.29. The zero-order valence-electron chi connectivity index (χ0n) is 20.9. The fourth-order valence-electron chi connectivity index (χ4n) is 4.06. The standard InChI is InChI=1S/C24H36N6O5/c1-17-13-29(18(2)15-31)23(32)10-7-11-30-19(12-25-27-30)16-35-22(17)14-28(3)24(33)26-20-8-5-6-9-21(20)34-4/h5-6,8-9,12,17-18,22,31H,7,10-11,13-16H2,1-4H3,(H,26,33)/t17-,18+,22-/m1/s1. The topological polar surface area (TPSA) is 122 Å². The largest absolute Gasteiger partial charge is 0.495 e. The number of anilines is 1. The zero-order valence-corrected chi connectivity index (χ0v) is 20.9. The number of aliphatic hydroxyl groups is 1. The SMILES string of the molecule is COc1ccccc1NC(=O)N(C)C[C@H]1OCc2cnnn2CCCC(=O)N([C@@H](C)CO)C[C@H]1C. The Balaban J connectivity index is 1.78. The molecule has 1 aromatic heterocycles. The Morgan fingerprint density at radius 2 is 2.17 bits per heavy atom. The molecule has 192 valence electrons. The van der Waals surface area contributed by atoms with Gasteiger partial charge in [-0.1, -0.05) is 24.3 Å². The van der Waals surface area contributed by atoms with E-state index in [9.17, 15) is 14.7 Å². The van der Waals surface area contributed by atoms with E-state index in [1.807, 2.05) is 26.0 Å².